The van der Waals surface area contributed by atoms with E-state index in [1.807, 2.05) is 6.07 Å². The number of amides is 2. The highest BCUT2D eigenvalue weighted by atomic mass is 35.5. The molecule has 4 rings (SSSR count). The maximum absolute atomic E-state index is 13.5. The maximum Gasteiger partial charge on any atom is 0.322 e. The van der Waals surface area contributed by atoms with Crippen LogP contribution in [0.5, 0.6) is 17.2 Å². The molecule has 9 nitrogen and oxygen atoms in total. The summed E-state index contributed by atoms with van der Waals surface area (Å²) in [6, 6.07) is 15.6. The van der Waals surface area contributed by atoms with Crippen LogP contribution in [0.15, 0.2) is 65.6 Å². The minimum absolute atomic E-state index is 0.0627. The highest BCUT2D eigenvalue weighted by Crippen LogP contribution is 2.38. The van der Waals surface area contributed by atoms with Crippen LogP contribution in [-0.2, 0) is 16.4 Å². The molecule has 1 atom stereocenters. The average molecular weight is 546 g/mol. The number of methoxy groups -OCH3 is 3. The molecule has 0 bridgehead atoms. The molecule has 1 unspecified atom stereocenters. The Kier molecular flexibility index (Phi) is 8.11. The highest BCUT2D eigenvalue weighted by Gasteiger charge is 2.33. The van der Waals surface area contributed by atoms with Crippen LogP contribution in [-0.4, -0.2) is 53.8 Å². The molecule has 37 heavy (non-hydrogen) atoms. The van der Waals surface area contributed by atoms with E-state index in [-0.39, 0.29) is 17.5 Å². The minimum Gasteiger partial charge on any atom is -0.495 e. The van der Waals surface area contributed by atoms with E-state index in [1.54, 1.807) is 42.3 Å². The molecule has 3 aromatic rings. The third-order valence-electron chi connectivity index (χ3n) is 6.20. The second-order valence-corrected chi connectivity index (χ2v) is 10.5. The smallest absolute Gasteiger partial charge is 0.322 e. The number of ether oxygens (including phenoxy) is 3. The van der Waals surface area contributed by atoms with Crippen molar-refractivity contribution in [2.75, 3.05) is 39.7 Å². The van der Waals surface area contributed by atoms with Gasteiger partial charge in [0.25, 0.3) is 0 Å². The van der Waals surface area contributed by atoms with Crippen LogP contribution in [0, 0.1) is 0 Å². The van der Waals surface area contributed by atoms with Crippen LogP contribution < -0.4 is 24.2 Å². The molecule has 0 radical (unpaired) electrons. The number of nitrogens with one attached hydrogen (secondary N) is 2. The molecule has 0 fully saturated rings. The van der Waals surface area contributed by atoms with Gasteiger partial charge in [-0.3, -0.25) is 0 Å². The predicted molar refractivity (Wildman–Crippen MR) is 141 cm³/mol. The number of para-hydroxylation sites is 2. The molecule has 1 aliphatic heterocycles. The lowest BCUT2D eigenvalue weighted by Crippen LogP contribution is -2.46. The SMILES string of the molecule is COc1ccccc1NC(=O)N1CCc2cc(OC)c(OC)cc2C1CNS(=O)(=O)c1ccc(Cl)cc1. The average Bonchev–Trinajstić information content (AvgIpc) is 2.91. The summed E-state index contributed by atoms with van der Waals surface area (Å²) >= 11 is 5.91. The normalized spacial score (nSPS) is 15.0. The standard InChI is InChI=1S/C26H28ClN3O6S/c1-34-23-7-5-4-6-21(23)29-26(31)30-13-12-17-14-24(35-2)25(36-3)15-20(17)22(30)16-28-37(32,33)19-10-8-18(27)9-11-19/h4-11,14-15,22,28H,12-13,16H2,1-3H3,(H,29,31). The van der Waals surface area contributed by atoms with E-state index in [1.165, 1.54) is 38.5 Å². The number of hydrogen-bond acceptors (Lipinski definition) is 6. The zero-order chi connectivity index (χ0) is 26.6. The largest absolute Gasteiger partial charge is 0.495 e. The predicted octanol–water partition coefficient (Wildman–Crippen LogP) is 4.48. The Morgan fingerprint density at radius 3 is 2.30 bits per heavy atom. The first kappa shape index (κ1) is 26.6. The Bertz CT molecular complexity index is 1380. The molecule has 196 valence electrons. The molecule has 1 aliphatic rings. The number of anilines is 1. The van der Waals surface area contributed by atoms with E-state index in [2.05, 4.69) is 10.0 Å². The fourth-order valence-corrected chi connectivity index (χ4v) is 5.48. The number of carbonyl (C=O) groups excluding carboxylic acids is 1. The first-order valence-electron chi connectivity index (χ1n) is 11.5. The minimum atomic E-state index is -3.87. The number of fused-ring (bicyclic) bond motifs is 1. The Balaban J connectivity index is 1.68. The van der Waals surface area contributed by atoms with Gasteiger partial charge in [-0.1, -0.05) is 23.7 Å². The fourth-order valence-electron chi connectivity index (χ4n) is 4.31. The monoisotopic (exact) mass is 545 g/mol. The van der Waals surface area contributed by atoms with Crippen molar-refractivity contribution in [1.82, 2.24) is 9.62 Å². The number of benzene rings is 3. The molecular formula is C26H28ClN3O6S. The number of hydrogen-bond donors (Lipinski definition) is 2. The summed E-state index contributed by atoms with van der Waals surface area (Å²) in [5, 5.41) is 3.32. The topological polar surface area (TPSA) is 106 Å². The number of rotatable bonds is 8. The van der Waals surface area contributed by atoms with Gasteiger partial charge in [-0.15, -0.1) is 0 Å². The van der Waals surface area contributed by atoms with Gasteiger partial charge in [0.05, 0.1) is 38.0 Å². The maximum atomic E-state index is 13.5. The first-order valence-corrected chi connectivity index (χ1v) is 13.3. The molecule has 0 aliphatic carbocycles. The molecule has 0 spiro atoms. The lowest BCUT2D eigenvalue weighted by molar-refractivity contribution is 0.182. The number of urea groups is 1. The molecule has 11 heteroatoms. The second-order valence-electron chi connectivity index (χ2n) is 8.30. The van der Waals surface area contributed by atoms with Crippen molar-refractivity contribution in [2.24, 2.45) is 0 Å². The number of halogens is 1. The van der Waals surface area contributed by atoms with Crippen LogP contribution in [0.2, 0.25) is 5.02 Å². The van der Waals surface area contributed by atoms with Gasteiger partial charge >= 0.3 is 6.03 Å². The van der Waals surface area contributed by atoms with Crippen LogP contribution in [0.4, 0.5) is 10.5 Å². The van der Waals surface area contributed by atoms with Gasteiger partial charge in [0, 0.05) is 18.1 Å². The number of sulfonamides is 1. The van der Waals surface area contributed by atoms with Crippen molar-refractivity contribution in [3.63, 3.8) is 0 Å². The Hall–Kier alpha value is -3.47. The van der Waals surface area contributed by atoms with Crippen molar-refractivity contribution in [3.8, 4) is 17.2 Å². The van der Waals surface area contributed by atoms with E-state index in [4.69, 9.17) is 25.8 Å². The van der Waals surface area contributed by atoms with Crippen molar-refractivity contribution in [1.29, 1.82) is 0 Å². The zero-order valence-electron chi connectivity index (χ0n) is 20.7. The number of nitrogens with zero attached hydrogens (tertiary/aromatic N) is 1. The molecule has 0 saturated carbocycles. The third-order valence-corrected chi connectivity index (χ3v) is 7.89. The second kappa shape index (κ2) is 11.3. The van der Waals surface area contributed by atoms with Crippen molar-refractivity contribution >= 4 is 33.3 Å². The van der Waals surface area contributed by atoms with E-state index in [0.29, 0.717) is 40.9 Å². The molecule has 1 heterocycles. The van der Waals surface area contributed by atoms with E-state index in [0.717, 1.165) is 11.1 Å². The fraction of sp³-hybridized carbons (Fsp3) is 0.269. The van der Waals surface area contributed by atoms with Crippen LogP contribution in [0.3, 0.4) is 0 Å². The zero-order valence-corrected chi connectivity index (χ0v) is 22.2. The van der Waals surface area contributed by atoms with Gasteiger partial charge in [-0.25, -0.2) is 17.9 Å². The molecule has 2 amide bonds. The lowest BCUT2D eigenvalue weighted by atomic mass is 9.92. The van der Waals surface area contributed by atoms with Crippen molar-refractivity contribution in [3.05, 3.63) is 76.8 Å². The molecule has 0 aromatic heterocycles. The van der Waals surface area contributed by atoms with Crippen molar-refractivity contribution < 1.29 is 27.4 Å². The molecular weight excluding hydrogens is 518 g/mol. The summed E-state index contributed by atoms with van der Waals surface area (Å²) in [4.78, 5) is 15.2. The summed E-state index contributed by atoms with van der Waals surface area (Å²) in [6.07, 6.45) is 0.551. The summed E-state index contributed by atoms with van der Waals surface area (Å²) in [7, 11) is 0.733. The van der Waals surface area contributed by atoms with Crippen LogP contribution in [0.1, 0.15) is 17.2 Å². The van der Waals surface area contributed by atoms with Gasteiger partial charge in [-0.05, 0) is 66.1 Å². The third kappa shape index (κ3) is 5.76. The lowest BCUT2D eigenvalue weighted by Gasteiger charge is -2.38. The Labute approximate surface area is 221 Å². The number of carbonyl (C=O) groups is 1. The molecule has 2 N–H and O–H groups in total. The Morgan fingerprint density at radius 2 is 1.62 bits per heavy atom. The van der Waals surface area contributed by atoms with Crippen LogP contribution >= 0.6 is 11.6 Å². The van der Waals surface area contributed by atoms with Crippen LogP contribution in [0.25, 0.3) is 0 Å². The summed E-state index contributed by atoms with van der Waals surface area (Å²) < 4.78 is 45.0. The summed E-state index contributed by atoms with van der Waals surface area (Å²) in [5.74, 6) is 1.56. The van der Waals surface area contributed by atoms with E-state index < -0.39 is 16.1 Å². The van der Waals surface area contributed by atoms with Gasteiger partial charge in [0.15, 0.2) is 11.5 Å². The van der Waals surface area contributed by atoms with Gasteiger partial charge in [-0.2, -0.15) is 0 Å². The summed E-state index contributed by atoms with van der Waals surface area (Å²) in [6.45, 7) is 0.295. The Morgan fingerprint density at radius 1 is 0.973 bits per heavy atom. The van der Waals surface area contributed by atoms with Gasteiger partial charge in [0.2, 0.25) is 10.0 Å². The van der Waals surface area contributed by atoms with E-state index in [9.17, 15) is 13.2 Å². The van der Waals surface area contributed by atoms with E-state index >= 15 is 0 Å². The van der Waals surface area contributed by atoms with Gasteiger partial charge in [0.1, 0.15) is 5.75 Å². The van der Waals surface area contributed by atoms with Crippen molar-refractivity contribution in [2.45, 2.75) is 17.4 Å². The first-order chi connectivity index (χ1) is 17.8. The molecule has 0 saturated heterocycles. The van der Waals surface area contributed by atoms with Gasteiger partial charge < -0.3 is 24.4 Å². The highest BCUT2D eigenvalue weighted by molar-refractivity contribution is 7.89. The molecule has 3 aromatic carbocycles. The summed E-state index contributed by atoms with van der Waals surface area (Å²) in [5.41, 5.74) is 2.21. The quantitative estimate of drug-likeness (QED) is 0.432.